The van der Waals surface area contributed by atoms with Crippen molar-refractivity contribution >= 4 is 0 Å². The Morgan fingerprint density at radius 3 is 2.40 bits per heavy atom. The number of rotatable bonds is 7. The van der Waals surface area contributed by atoms with Crippen LogP contribution in [0.15, 0.2) is 0 Å². The summed E-state index contributed by atoms with van der Waals surface area (Å²) in [5.74, 6) is 0. The van der Waals surface area contributed by atoms with Crippen LogP contribution in [-0.4, -0.2) is 33.2 Å². The van der Waals surface area contributed by atoms with Crippen LogP contribution in [0.1, 0.15) is 0 Å². The molecule has 0 aliphatic carbocycles. The van der Waals surface area contributed by atoms with Crippen LogP contribution in [0.25, 0.3) is 0 Å². The van der Waals surface area contributed by atoms with Crippen LogP contribution in [0.3, 0.4) is 0 Å². The van der Waals surface area contributed by atoms with E-state index >= 15 is 0 Å². The second-order valence-electron chi connectivity index (χ2n) is 1.54. The molecule has 0 unspecified atom stereocenters. The first-order valence-electron chi connectivity index (χ1n) is 3.01. The molecule has 0 aliphatic rings. The monoisotopic (exact) mass is 153 g/mol. The predicted molar refractivity (Wildman–Crippen MR) is 32.9 cm³/mol. The van der Waals surface area contributed by atoms with Gasteiger partial charge in [0, 0.05) is 6.54 Å². The molecule has 0 aromatic rings. The molecule has 0 heterocycles. The number of nitrogens with two attached hydrogens (primary N) is 1. The molecule has 4 nitrogen and oxygen atoms in total. The molecule has 0 bridgehead atoms. The van der Waals surface area contributed by atoms with Crippen LogP contribution < -0.4 is 5.73 Å². The zero-order valence-electron chi connectivity index (χ0n) is 5.72. The Kier molecular flexibility index (Phi) is 8.57. The number of halogens is 1. The third-order valence-electron chi connectivity index (χ3n) is 0.762. The van der Waals surface area contributed by atoms with Crippen molar-refractivity contribution in [3.8, 4) is 0 Å². The summed E-state index contributed by atoms with van der Waals surface area (Å²) < 4.78 is 20.4. The van der Waals surface area contributed by atoms with Crippen LogP contribution in [0, 0.1) is 0 Å². The highest BCUT2D eigenvalue weighted by molar-refractivity contribution is 4.30. The Hall–Kier alpha value is -0.230. The Balaban J connectivity index is 2.65. The van der Waals surface area contributed by atoms with Crippen molar-refractivity contribution in [1.82, 2.24) is 0 Å². The lowest BCUT2D eigenvalue weighted by Gasteiger charge is -2.01. The van der Waals surface area contributed by atoms with Gasteiger partial charge >= 0.3 is 0 Å². The Bertz CT molecular complexity index is 56.9. The molecule has 0 aromatic carbocycles. The van der Waals surface area contributed by atoms with Crippen molar-refractivity contribution in [2.45, 2.75) is 0 Å². The van der Waals surface area contributed by atoms with E-state index in [1.807, 2.05) is 0 Å². The lowest BCUT2D eigenvalue weighted by atomic mass is 10.7. The minimum absolute atomic E-state index is 0.323. The Morgan fingerprint density at radius 2 is 1.80 bits per heavy atom. The third kappa shape index (κ3) is 7.77. The summed E-state index contributed by atoms with van der Waals surface area (Å²) in [7, 11) is 0. The van der Waals surface area contributed by atoms with Crippen LogP contribution in [0.4, 0.5) is 4.53 Å². The summed E-state index contributed by atoms with van der Waals surface area (Å²) in [5, 5.41) is 0. The van der Waals surface area contributed by atoms with Crippen molar-refractivity contribution < 1.29 is 18.9 Å². The van der Waals surface area contributed by atoms with Crippen molar-refractivity contribution in [2.24, 2.45) is 5.73 Å². The Morgan fingerprint density at radius 1 is 1.10 bits per heavy atom. The molecular formula is C5H12FNO3. The molecule has 0 amide bonds. The molecule has 5 heteroatoms. The highest BCUT2D eigenvalue weighted by Gasteiger charge is 1.87. The predicted octanol–water partition coefficient (Wildman–Crippen LogP) is -0.163. The lowest BCUT2D eigenvalue weighted by Crippen LogP contribution is -2.12. The van der Waals surface area contributed by atoms with E-state index in [0.717, 1.165) is 0 Å². The van der Waals surface area contributed by atoms with Gasteiger partial charge in [-0.05, 0) is 4.53 Å². The van der Waals surface area contributed by atoms with E-state index in [2.05, 4.69) is 9.68 Å². The van der Waals surface area contributed by atoms with Gasteiger partial charge in [-0.1, -0.05) is 0 Å². The molecule has 0 fully saturated rings. The molecule has 0 aliphatic heterocycles. The fourth-order valence-electron chi connectivity index (χ4n) is 0.394. The quantitative estimate of drug-likeness (QED) is 0.408. The fourth-order valence-corrected chi connectivity index (χ4v) is 0.394. The maximum absolute atomic E-state index is 10.9. The maximum atomic E-state index is 10.9. The van der Waals surface area contributed by atoms with Crippen LogP contribution in [-0.2, 0) is 14.4 Å². The van der Waals surface area contributed by atoms with Crippen LogP contribution in [0.5, 0.6) is 0 Å². The standard InChI is InChI=1S/C5H12FNO3/c6-10-5-9-4-3-8-2-1-7/h1-5,7H2. The second-order valence-corrected chi connectivity index (χ2v) is 1.54. The molecule has 0 rings (SSSR count). The average molecular weight is 153 g/mol. The van der Waals surface area contributed by atoms with Gasteiger partial charge in [-0.2, -0.15) is 4.94 Å². The van der Waals surface area contributed by atoms with Crippen LogP contribution in [0.2, 0.25) is 0 Å². The van der Waals surface area contributed by atoms with Crippen molar-refractivity contribution in [3.63, 3.8) is 0 Å². The number of ether oxygens (including phenoxy) is 2. The lowest BCUT2D eigenvalue weighted by molar-refractivity contribution is -0.214. The number of hydrogen-bond donors (Lipinski definition) is 1. The first-order chi connectivity index (χ1) is 4.91. The first-order valence-corrected chi connectivity index (χ1v) is 3.01. The molecule has 0 saturated carbocycles. The van der Waals surface area contributed by atoms with E-state index < -0.39 is 0 Å². The largest absolute Gasteiger partial charge is 0.378 e. The molecule has 62 valence electrons. The summed E-state index contributed by atoms with van der Waals surface area (Å²) in [6.07, 6.45) is 0. The first kappa shape index (κ1) is 9.77. The van der Waals surface area contributed by atoms with E-state index in [1.54, 1.807) is 0 Å². The second kappa shape index (κ2) is 8.77. The summed E-state index contributed by atoms with van der Waals surface area (Å²) in [5.41, 5.74) is 5.12. The normalized spacial score (nSPS) is 10.2. The minimum Gasteiger partial charge on any atom is -0.378 e. The SMILES string of the molecule is NCCOCCOCOF. The molecule has 0 aromatic heterocycles. The third-order valence-corrected chi connectivity index (χ3v) is 0.762. The van der Waals surface area contributed by atoms with Crippen molar-refractivity contribution in [1.29, 1.82) is 0 Å². The van der Waals surface area contributed by atoms with Crippen molar-refractivity contribution in [2.75, 3.05) is 33.2 Å². The smallest absolute Gasteiger partial charge is 0.186 e. The zero-order chi connectivity index (χ0) is 7.66. The minimum atomic E-state index is -0.341. The van der Waals surface area contributed by atoms with Crippen LogP contribution >= 0.6 is 0 Å². The molecule has 10 heavy (non-hydrogen) atoms. The van der Waals surface area contributed by atoms with Gasteiger partial charge in [-0.3, -0.25) is 0 Å². The van der Waals surface area contributed by atoms with E-state index in [0.29, 0.717) is 26.4 Å². The van der Waals surface area contributed by atoms with E-state index in [9.17, 15) is 4.53 Å². The van der Waals surface area contributed by atoms with Gasteiger partial charge in [0.15, 0.2) is 6.79 Å². The summed E-state index contributed by atoms with van der Waals surface area (Å²) in [6, 6.07) is 0. The molecule has 0 atom stereocenters. The average Bonchev–Trinajstić information content (AvgIpc) is 1.97. The zero-order valence-corrected chi connectivity index (χ0v) is 5.72. The van der Waals surface area contributed by atoms with E-state index in [4.69, 9.17) is 10.5 Å². The molecular weight excluding hydrogens is 141 g/mol. The molecule has 0 saturated heterocycles. The molecule has 0 spiro atoms. The van der Waals surface area contributed by atoms with E-state index in [-0.39, 0.29) is 6.79 Å². The summed E-state index contributed by atoms with van der Waals surface area (Å²) in [6.45, 7) is 1.38. The highest BCUT2D eigenvalue weighted by atomic mass is 19.3. The van der Waals surface area contributed by atoms with Gasteiger partial charge in [0.1, 0.15) is 0 Å². The topological polar surface area (TPSA) is 53.7 Å². The Labute approximate surface area is 58.9 Å². The van der Waals surface area contributed by atoms with Gasteiger partial charge in [-0.15, -0.1) is 0 Å². The molecule has 2 N–H and O–H groups in total. The van der Waals surface area contributed by atoms with Gasteiger partial charge in [-0.25, -0.2) is 0 Å². The fraction of sp³-hybridized carbons (Fsp3) is 1.00. The van der Waals surface area contributed by atoms with Gasteiger partial charge in [0.05, 0.1) is 19.8 Å². The highest BCUT2D eigenvalue weighted by Crippen LogP contribution is 1.79. The van der Waals surface area contributed by atoms with Gasteiger partial charge in [0.25, 0.3) is 0 Å². The van der Waals surface area contributed by atoms with Gasteiger partial charge < -0.3 is 15.2 Å². The summed E-state index contributed by atoms with van der Waals surface area (Å²) in [4.78, 5) is 3.15. The maximum Gasteiger partial charge on any atom is 0.186 e. The number of hydrogen-bond acceptors (Lipinski definition) is 4. The molecule has 0 radical (unpaired) electrons. The van der Waals surface area contributed by atoms with Crippen molar-refractivity contribution in [3.05, 3.63) is 0 Å². The van der Waals surface area contributed by atoms with Gasteiger partial charge in [0.2, 0.25) is 0 Å². The summed E-state index contributed by atoms with van der Waals surface area (Å²) >= 11 is 0. The van der Waals surface area contributed by atoms with E-state index in [1.165, 1.54) is 0 Å².